The molecule has 1 aliphatic rings. The summed E-state index contributed by atoms with van der Waals surface area (Å²) in [7, 11) is 0. The van der Waals surface area contributed by atoms with E-state index in [2.05, 4.69) is 27.7 Å². The lowest BCUT2D eigenvalue weighted by Crippen LogP contribution is -3.22. The second-order valence-electron chi connectivity index (χ2n) is 4.95. The molecule has 1 saturated heterocycles. The van der Waals surface area contributed by atoms with Crippen LogP contribution in [0.3, 0.4) is 0 Å². The summed E-state index contributed by atoms with van der Waals surface area (Å²) in [5.41, 5.74) is -0.135. The predicted octanol–water partition coefficient (Wildman–Crippen LogP) is -1.89. The fourth-order valence-electron chi connectivity index (χ4n) is 2.12. The van der Waals surface area contributed by atoms with Crippen LogP contribution in [0.2, 0.25) is 0 Å². The lowest BCUT2D eigenvalue weighted by atomic mass is 9.82. The summed E-state index contributed by atoms with van der Waals surface area (Å²) in [6.07, 6.45) is 3.33. The Morgan fingerprint density at radius 1 is 1.00 bits per heavy atom. The molecule has 0 aromatic carbocycles. The Bertz CT molecular complexity index is 141. The van der Waals surface area contributed by atoms with Crippen LogP contribution in [0.15, 0.2) is 0 Å². The van der Waals surface area contributed by atoms with E-state index in [9.17, 15) is 5.21 Å². The summed E-state index contributed by atoms with van der Waals surface area (Å²) in [6.45, 7) is 8.26. The van der Waals surface area contributed by atoms with Crippen LogP contribution in [0, 0.1) is 5.21 Å². The van der Waals surface area contributed by atoms with Crippen LogP contribution in [-0.2, 0) is 0 Å². The molecular formula is C9H19BrNO-. The lowest BCUT2D eigenvalue weighted by Gasteiger charge is -2.52. The van der Waals surface area contributed by atoms with Crippen molar-refractivity contribution in [2.24, 2.45) is 0 Å². The van der Waals surface area contributed by atoms with Crippen LogP contribution >= 0.6 is 0 Å². The average Bonchev–Trinajstić information content (AvgIpc) is 1.82. The number of hydrogen-bond acceptors (Lipinski definition) is 1. The van der Waals surface area contributed by atoms with E-state index in [1.807, 2.05) is 0 Å². The van der Waals surface area contributed by atoms with Crippen molar-refractivity contribution >= 4 is 0 Å². The number of hydroxylamine groups is 2. The monoisotopic (exact) mass is 236 g/mol. The Morgan fingerprint density at radius 3 is 1.58 bits per heavy atom. The fraction of sp³-hybridized carbons (Fsp3) is 1.00. The smallest absolute Gasteiger partial charge is 0.0921 e. The van der Waals surface area contributed by atoms with Gasteiger partial charge in [0.2, 0.25) is 0 Å². The molecule has 1 N–H and O–H groups in total. The maximum Gasteiger partial charge on any atom is 0.0921 e. The van der Waals surface area contributed by atoms with Gasteiger partial charge in [-0.25, -0.2) is 0 Å². The third kappa shape index (κ3) is 2.21. The predicted molar refractivity (Wildman–Crippen MR) is 46.3 cm³/mol. The zero-order valence-corrected chi connectivity index (χ0v) is 9.99. The summed E-state index contributed by atoms with van der Waals surface area (Å²) in [5.74, 6) is 0. The summed E-state index contributed by atoms with van der Waals surface area (Å²) in [4.78, 5) is 0. The van der Waals surface area contributed by atoms with Crippen molar-refractivity contribution in [3.05, 3.63) is 5.21 Å². The van der Waals surface area contributed by atoms with Crippen molar-refractivity contribution in [3.8, 4) is 0 Å². The minimum Gasteiger partial charge on any atom is -1.00 e. The van der Waals surface area contributed by atoms with Crippen molar-refractivity contribution < 1.29 is 22.0 Å². The van der Waals surface area contributed by atoms with Gasteiger partial charge in [0.05, 0.1) is 11.1 Å². The molecule has 0 amide bonds. The quantitative estimate of drug-likeness (QED) is 0.490. The van der Waals surface area contributed by atoms with Gasteiger partial charge in [-0.3, -0.25) is 0 Å². The molecule has 12 heavy (non-hydrogen) atoms. The number of quaternary nitrogens is 1. The van der Waals surface area contributed by atoms with Crippen molar-refractivity contribution in [2.45, 2.75) is 58.0 Å². The molecule has 1 rings (SSSR count). The van der Waals surface area contributed by atoms with Crippen molar-refractivity contribution in [3.63, 3.8) is 0 Å². The van der Waals surface area contributed by atoms with Crippen LogP contribution in [0.1, 0.15) is 47.0 Å². The molecule has 0 radical (unpaired) electrons. The summed E-state index contributed by atoms with van der Waals surface area (Å²) < 4.78 is 0. The highest BCUT2D eigenvalue weighted by Crippen LogP contribution is 2.22. The van der Waals surface area contributed by atoms with E-state index in [0.717, 1.165) is 12.8 Å². The molecule has 0 aliphatic carbocycles. The maximum atomic E-state index is 11.8. The van der Waals surface area contributed by atoms with Gasteiger partial charge < -0.3 is 27.3 Å². The van der Waals surface area contributed by atoms with Crippen LogP contribution < -0.4 is 22.0 Å². The third-order valence-electron chi connectivity index (χ3n) is 2.83. The van der Waals surface area contributed by atoms with E-state index in [1.165, 1.54) is 6.42 Å². The Hall–Kier alpha value is 0.400. The Morgan fingerprint density at radius 2 is 1.33 bits per heavy atom. The van der Waals surface area contributed by atoms with E-state index in [1.54, 1.807) is 0 Å². The second kappa shape index (κ2) is 3.64. The molecule has 1 fully saturated rings. The molecule has 0 atom stereocenters. The van der Waals surface area contributed by atoms with Gasteiger partial charge in [0.1, 0.15) is 0 Å². The van der Waals surface area contributed by atoms with Gasteiger partial charge in [0.15, 0.2) is 0 Å². The zero-order chi connectivity index (χ0) is 8.70. The number of piperidine rings is 1. The number of hydrogen-bond donors (Lipinski definition) is 1. The van der Waals surface area contributed by atoms with Gasteiger partial charge in [0, 0.05) is 12.8 Å². The Balaban J connectivity index is 0.00000121. The van der Waals surface area contributed by atoms with Crippen molar-refractivity contribution in [2.75, 3.05) is 0 Å². The Labute approximate surface area is 85.7 Å². The summed E-state index contributed by atoms with van der Waals surface area (Å²) in [6, 6.07) is 0. The van der Waals surface area contributed by atoms with E-state index >= 15 is 0 Å². The maximum absolute atomic E-state index is 11.8. The minimum atomic E-state index is -0.0677. The Kier molecular flexibility index (Phi) is 3.76. The SMILES string of the molecule is CC1(C)CCCC(C)(C)[NH+]1[O-].[Br-]. The summed E-state index contributed by atoms with van der Waals surface area (Å²) >= 11 is 0. The third-order valence-corrected chi connectivity index (χ3v) is 2.83. The molecule has 0 unspecified atom stereocenters. The first-order valence-corrected chi connectivity index (χ1v) is 4.41. The minimum absolute atomic E-state index is 0. The molecule has 0 aromatic heterocycles. The molecule has 0 spiro atoms. The second-order valence-corrected chi connectivity index (χ2v) is 4.95. The molecule has 1 heterocycles. The highest BCUT2D eigenvalue weighted by atomic mass is 79.9. The lowest BCUT2D eigenvalue weighted by molar-refractivity contribution is -0.955. The van der Waals surface area contributed by atoms with Gasteiger partial charge >= 0.3 is 0 Å². The first-order valence-electron chi connectivity index (χ1n) is 4.41. The van der Waals surface area contributed by atoms with Gasteiger partial charge in [-0.2, -0.15) is 0 Å². The number of halogens is 1. The van der Waals surface area contributed by atoms with Crippen LogP contribution in [-0.4, -0.2) is 11.1 Å². The van der Waals surface area contributed by atoms with E-state index in [0.29, 0.717) is 5.06 Å². The molecular weight excluding hydrogens is 218 g/mol. The average molecular weight is 237 g/mol. The molecule has 74 valence electrons. The fourth-order valence-corrected chi connectivity index (χ4v) is 2.12. The van der Waals surface area contributed by atoms with E-state index < -0.39 is 0 Å². The van der Waals surface area contributed by atoms with Crippen molar-refractivity contribution in [1.29, 1.82) is 0 Å². The first kappa shape index (κ1) is 12.4. The van der Waals surface area contributed by atoms with Crippen LogP contribution in [0.4, 0.5) is 0 Å². The first-order chi connectivity index (χ1) is 4.86. The normalized spacial score (nSPS) is 27.8. The zero-order valence-electron chi connectivity index (χ0n) is 8.41. The molecule has 0 saturated carbocycles. The highest BCUT2D eigenvalue weighted by Gasteiger charge is 2.40. The standard InChI is InChI=1S/C9H19NO.BrH/c1-8(2)6-5-7-9(3,4)10(8)11;/h10H,5-7H2,1-4H3;1H/p-1. The van der Waals surface area contributed by atoms with E-state index in [-0.39, 0.29) is 28.1 Å². The molecule has 0 bridgehead atoms. The van der Waals surface area contributed by atoms with Crippen LogP contribution in [0.25, 0.3) is 0 Å². The van der Waals surface area contributed by atoms with Gasteiger partial charge in [0.25, 0.3) is 0 Å². The van der Waals surface area contributed by atoms with Gasteiger partial charge in [-0.15, -0.1) is 0 Å². The summed E-state index contributed by atoms with van der Waals surface area (Å²) in [5, 5.41) is 12.2. The van der Waals surface area contributed by atoms with Crippen LogP contribution in [0.5, 0.6) is 0 Å². The molecule has 3 heteroatoms. The number of rotatable bonds is 0. The highest BCUT2D eigenvalue weighted by molar-refractivity contribution is 4.80. The van der Waals surface area contributed by atoms with E-state index in [4.69, 9.17) is 0 Å². The molecule has 1 aliphatic heterocycles. The molecule has 0 aromatic rings. The number of nitrogens with one attached hydrogen (secondary N) is 1. The molecule has 2 nitrogen and oxygen atoms in total. The van der Waals surface area contributed by atoms with Crippen molar-refractivity contribution in [1.82, 2.24) is 0 Å². The topological polar surface area (TPSA) is 27.5 Å². The van der Waals surface area contributed by atoms with Gasteiger partial charge in [-0.05, 0) is 34.1 Å². The van der Waals surface area contributed by atoms with Gasteiger partial charge in [-0.1, -0.05) is 0 Å². The largest absolute Gasteiger partial charge is 1.00 e.